The summed E-state index contributed by atoms with van der Waals surface area (Å²) in [6.45, 7) is 0.945. The van der Waals surface area contributed by atoms with Crippen LogP contribution in [-0.2, 0) is 17.6 Å². The topological polar surface area (TPSA) is 68.4 Å². The number of nitrogens with one attached hydrogen (secondary N) is 2. The maximum absolute atomic E-state index is 10.5. The van der Waals surface area contributed by atoms with Crippen molar-refractivity contribution in [2.75, 3.05) is 27.2 Å². The van der Waals surface area contributed by atoms with Crippen molar-refractivity contribution < 1.29 is 9.90 Å². The third kappa shape index (κ3) is 4.06. The molecule has 2 aromatic rings. The molecular weight excluding hydrogens is 266 g/mol. The number of fused-ring (bicyclic) bond motifs is 1. The van der Waals surface area contributed by atoms with Gasteiger partial charge < -0.3 is 20.3 Å². The highest BCUT2D eigenvalue weighted by Crippen LogP contribution is 2.21. The van der Waals surface area contributed by atoms with E-state index in [-0.39, 0.29) is 12.6 Å². The van der Waals surface area contributed by atoms with E-state index in [0.29, 0.717) is 12.8 Å². The Hall–Kier alpha value is -1.85. The van der Waals surface area contributed by atoms with Gasteiger partial charge in [-0.05, 0) is 50.2 Å². The number of carbonyl (C=O) groups excluding carboxylic acids is 1. The Kier molecular flexibility index (Phi) is 5.36. The second-order valence-corrected chi connectivity index (χ2v) is 5.62. The van der Waals surface area contributed by atoms with E-state index >= 15 is 0 Å². The van der Waals surface area contributed by atoms with Crippen molar-refractivity contribution >= 4 is 17.3 Å². The zero-order valence-electron chi connectivity index (χ0n) is 12.6. The maximum Gasteiger partial charge on any atom is 0.207 e. The van der Waals surface area contributed by atoms with Gasteiger partial charge in [0.05, 0.1) is 12.6 Å². The number of aromatic nitrogens is 1. The molecule has 0 aliphatic heterocycles. The molecule has 0 saturated heterocycles. The van der Waals surface area contributed by atoms with E-state index in [9.17, 15) is 9.90 Å². The third-order valence-corrected chi connectivity index (χ3v) is 3.67. The predicted molar refractivity (Wildman–Crippen MR) is 84.3 cm³/mol. The smallest absolute Gasteiger partial charge is 0.207 e. The molecule has 0 saturated carbocycles. The summed E-state index contributed by atoms with van der Waals surface area (Å²) in [7, 11) is 4.13. The molecule has 1 amide bonds. The molecule has 2 rings (SSSR count). The minimum atomic E-state index is -0.232. The van der Waals surface area contributed by atoms with Gasteiger partial charge in [0, 0.05) is 23.6 Å². The Bertz CT molecular complexity index is 592. The van der Waals surface area contributed by atoms with E-state index in [1.54, 1.807) is 0 Å². The number of rotatable bonds is 8. The van der Waals surface area contributed by atoms with Crippen LogP contribution in [0, 0.1) is 0 Å². The van der Waals surface area contributed by atoms with Crippen molar-refractivity contribution in [1.29, 1.82) is 0 Å². The molecule has 1 aromatic carbocycles. The van der Waals surface area contributed by atoms with Crippen molar-refractivity contribution in [3.63, 3.8) is 0 Å². The molecule has 3 N–H and O–H groups in total. The summed E-state index contributed by atoms with van der Waals surface area (Å²) in [5.41, 5.74) is 3.53. The van der Waals surface area contributed by atoms with Crippen molar-refractivity contribution in [1.82, 2.24) is 15.2 Å². The molecule has 0 bridgehead atoms. The summed E-state index contributed by atoms with van der Waals surface area (Å²) in [6, 6.07) is 6.00. The molecule has 0 radical (unpaired) electrons. The SMILES string of the molecule is CN(C)CCc1c[nH]c2ccc(CC(CO)NC=O)cc12. The normalized spacial score (nSPS) is 12.8. The number of hydrogen-bond donors (Lipinski definition) is 3. The number of benzene rings is 1. The zero-order valence-corrected chi connectivity index (χ0v) is 12.6. The van der Waals surface area contributed by atoms with E-state index < -0.39 is 0 Å². The summed E-state index contributed by atoms with van der Waals surface area (Å²) in [5, 5.41) is 13.1. The fourth-order valence-corrected chi connectivity index (χ4v) is 2.46. The predicted octanol–water partition coefficient (Wildman–Crippen LogP) is 0.921. The van der Waals surface area contributed by atoms with Crippen LogP contribution >= 0.6 is 0 Å². The van der Waals surface area contributed by atoms with E-state index in [4.69, 9.17) is 0 Å². The average molecular weight is 289 g/mol. The van der Waals surface area contributed by atoms with Gasteiger partial charge in [0.2, 0.25) is 6.41 Å². The summed E-state index contributed by atoms with van der Waals surface area (Å²) in [6.07, 6.45) is 4.32. The number of H-pyrrole nitrogens is 1. The molecule has 0 fully saturated rings. The van der Waals surface area contributed by atoms with Gasteiger partial charge in [-0.1, -0.05) is 6.07 Å². The lowest BCUT2D eigenvalue weighted by atomic mass is 10.0. The number of aromatic amines is 1. The molecule has 1 heterocycles. The Morgan fingerprint density at radius 2 is 2.24 bits per heavy atom. The molecular formula is C16H23N3O2. The highest BCUT2D eigenvalue weighted by molar-refractivity contribution is 5.84. The van der Waals surface area contributed by atoms with Crippen molar-refractivity contribution in [2.45, 2.75) is 18.9 Å². The number of aliphatic hydroxyl groups excluding tert-OH is 1. The first-order valence-corrected chi connectivity index (χ1v) is 7.18. The van der Waals surface area contributed by atoms with Gasteiger partial charge in [0.25, 0.3) is 0 Å². The lowest BCUT2D eigenvalue weighted by Gasteiger charge is -2.13. The number of aliphatic hydroxyl groups is 1. The number of nitrogens with zero attached hydrogens (tertiary/aromatic N) is 1. The Labute approximate surface area is 125 Å². The van der Waals surface area contributed by atoms with Crippen LogP contribution in [0.2, 0.25) is 0 Å². The largest absolute Gasteiger partial charge is 0.394 e. The van der Waals surface area contributed by atoms with Gasteiger partial charge in [-0.15, -0.1) is 0 Å². The lowest BCUT2D eigenvalue weighted by Crippen LogP contribution is -2.33. The van der Waals surface area contributed by atoms with E-state index in [1.807, 2.05) is 6.07 Å². The van der Waals surface area contributed by atoms with Crippen LogP contribution in [0.25, 0.3) is 10.9 Å². The fourth-order valence-electron chi connectivity index (χ4n) is 2.46. The van der Waals surface area contributed by atoms with E-state index in [0.717, 1.165) is 24.0 Å². The second-order valence-electron chi connectivity index (χ2n) is 5.62. The van der Waals surface area contributed by atoms with Crippen LogP contribution in [0.4, 0.5) is 0 Å². The van der Waals surface area contributed by atoms with Gasteiger partial charge in [0.15, 0.2) is 0 Å². The van der Waals surface area contributed by atoms with Crippen molar-refractivity contribution in [2.24, 2.45) is 0 Å². The summed E-state index contributed by atoms with van der Waals surface area (Å²) in [4.78, 5) is 16.0. The fraction of sp³-hybridized carbons (Fsp3) is 0.438. The van der Waals surface area contributed by atoms with E-state index in [1.165, 1.54) is 10.9 Å². The monoisotopic (exact) mass is 289 g/mol. The summed E-state index contributed by atoms with van der Waals surface area (Å²) >= 11 is 0. The number of likely N-dealkylation sites (N-methyl/N-ethyl adjacent to an activating group) is 1. The Morgan fingerprint density at radius 3 is 2.90 bits per heavy atom. The molecule has 114 valence electrons. The molecule has 1 aromatic heterocycles. The molecule has 5 heteroatoms. The maximum atomic E-state index is 10.5. The van der Waals surface area contributed by atoms with Crippen LogP contribution in [0.1, 0.15) is 11.1 Å². The van der Waals surface area contributed by atoms with Crippen LogP contribution in [-0.4, -0.2) is 54.7 Å². The summed E-state index contributed by atoms with van der Waals surface area (Å²) < 4.78 is 0. The number of amides is 1. The first kappa shape index (κ1) is 15.5. The highest BCUT2D eigenvalue weighted by atomic mass is 16.3. The van der Waals surface area contributed by atoms with Crippen molar-refractivity contribution in [3.8, 4) is 0 Å². The van der Waals surface area contributed by atoms with Crippen LogP contribution in [0.5, 0.6) is 0 Å². The van der Waals surface area contributed by atoms with Crippen LogP contribution < -0.4 is 5.32 Å². The lowest BCUT2D eigenvalue weighted by molar-refractivity contribution is -0.110. The molecule has 1 atom stereocenters. The number of carbonyl (C=O) groups is 1. The molecule has 0 aliphatic carbocycles. The van der Waals surface area contributed by atoms with Gasteiger partial charge >= 0.3 is 0 Å². The highest BCUT2D eigenvalue weighted by Gasteiger charge is 2.10. The first-order chi connectivity index (χ1) is 10.1. The quantitative estimate of drug-likeness (QED) is 0.633. The third-order valence-electron chi connectivity index (χ3n) is 3.67. The van der Waals surface area contributed by atoms with Gasteiger partial charge in [-0.3, -0.25) is 4.79 Å². The van der Waals surface area contributed by atoms with Gasteiger partial charge in [-0.25, -0.2) is 0 Å². The van der Waals surface area contributed by atoms with Crippen LogP contribution in [0.15, 0.2) is 24.4 Å². The first-order valence-electron chi connectivity index (χ1n) is 7.18. The minimum absolute atomic E-state index is 0.0581. The molecule has 5 nitrogen and oxygen atoms in total. The second kappa shape index (κ2) is 7.24. The average Bonchev–Trinajstić information content (AvgIpc) is 2.87. The number of hydrogen-bond acceptors (Lipinski definition) is 3. The van der Waals surface area contributed by atoms with Crippen molar-refractivity contribution in [3.05, 3.63) is 35.5 Å². The zero-order chi connectivity index (χ0) is 15.2. The molecule has 1 unspecified atom stereocenters. The van der Waals surface area contributed by atoms with Gasteiger partial charge in [0.1, 0.15) is 0 Å². The van der Waals surface area contributed by atoms with E-state index in [2.05, 4.69) is 47.6 Å². The Balaban J connectivity index is 2.18. The standard InChI is InChI=1S/C16H23N3O2/c1-19(2)6-5-13-9-17-16-4-3-12(8-15(13)16)7-14(10-20)18-11-21/h3-4,8-9,11,14,17,20H,5-7,10H2,1-2H3,(H,18,21). The molecule has 21 heavy (non-hydrogen) atoms. The molecule has 0 aliphatic rings. The van der Waals surface area contributed by atoms with Gasteiger partial charge in [-0.2, -0.15) is 0 Å². The van der Waals surface area contributed by atoms with Crippen LogP contribution in [0.3, 0.4) is 0 Å². The Morgan fingerprint density at radius 1 is 1.43 bits per heavy atom. The summed E-state index contributed by atoms with van der Waals surface area (Å²) in [5.74, 6) is 0. The minimum Gasteiger partial charge on any atom is -0.394 e. The molecule has 0 spiro atoms.